The van der Waals surface area contributed by atoms with Crippen molar-refractivity contribution in [3.63, 3.8) is 0 Å². The molecule has 226 valence electrons. The molecule has 2 amide bonds. The van der Waals surface area contributed by atoms with Crippen LogP contribution < -0.4 is 19.1 Å². The summed E-state index contributed by atoms with van der Waals surface area (Å²) in [6, 6.07) is 17.6. The van der Waals surface area contributed by atoms with Gasteiger partial charge in [0.2, 0.25) is 11.8 Å². The first-order valence-electron chi connectivity index (χ1n) is 13.5. The molecule has 0 aliphatic rings. The van der Waals surface area contributed by atoms with Crippen LogP contribution in [0.15, 0.2) is 76.1 Å². The van der Waals surface area contributed by atoms with E-state index in [0.29, 0.717) is 28.2 Å². The largest absolute Gasteiger partial charge is 0.497 e. The number of ether oxygens (including phenoxy) is 2. The Bertz CT molecular complexity index is 1480. The molecule has 0 aliphatic heterocycles. The van der Waals surface area contributed by atoms with Crippen molar-refractivity contribution in [2.45, 2.75) is 45.2 Å². The van der Waals surface area contributed by atoms with Crippen molar-refractivity contribution in [1.29, 1.82) is 0 Å². The molecule has 0 heterocycles. The Hall–Kier alpha value is -3.57. The minimum atomic E-state index is -4.21. The molecule has 0 unspecified atom stereocenters. The highest BCUT2D eigenvalue weighted by Gasteiger charge is 2.33. The van der Waals surface area contributed by atoms with Crippen LogP contribution in [0, 0.1) is 12.8 Å². The average molecular weight is 661 g/mol. The molecule has 0 fully saturated rings. The second-order valence-electron chi connectivity index (χ2n) is 10.3. The molecule has 0 radical (unpaired) electrons. The first-order valence-corrected chi connectivity index (χ1v) is 15.7. The molecule has 0 saturated carbocycles. The second-order valence-corrected chi connectivity index (χ2v) is 13.0. The summed E-state index contributed by atoms with van der Waals surface area (Å²) < 4.78 is 40.1. The Balaban J connectivity index is 2.03. The molecule has 1 atom stereocenters. The molecule has 3 aromatic carbocycles. The Morgan fingerprint density at radius 3 is 2.12 bits per heavy atom. The van der Waals surface area contributed by atoms with Gasteiger partial charge in [-0.25, -0.2) is 8.42 Å². The highest BCUT2D eigenvalue weighted by molar-refractivity contribution is 9.10. The van der Waals surface area contributed by atoms with Gasteiger partial charge in [-0.2, -0.15) is 0 Å². The maximum Gasteiger partial charge on any atom is 0.264 e. The van der Waals surface area contributed by atoms with Gasteiger partial charge < -0.3 is 19.7 Å². The Morgan fingerprint density at radius 2 is 1.57 bits per heavy atom. The maximum absolute atomic E-state index is 14.0. The monoisotopic (exact) mass is 659 g/mol. The van der Waals surface area contributed by atoms with Crippen molar-refractivity contribution in [3.8, 4) is 11.5 Å². The number of hydrogen-bond donors (Lipinski definition) is 1. The summed E-state index contributed by atoms with van der Waals surface area (Å²) in [6.45, 7) is 7.51. The normalized spacial score (nSPS) is 12.0. The van der Waals surface area contributed by atoms with E-state index in [2.05, 4.69) is 21.2 Å². The van der Waals surface area contributed by atoms with E-state index in [0.717, 1.165) is 15.4 Å². The summed E-state index contributed by atoms with van der Waals surface area (Å²) in [4.78, 5) is 28.5. The minimum Gasteiger partial charge on any atom is -0.497 e. The summed E-state index contributed by atoms with van der Waals surface area (Å²) in [6.07, 6.45) is 0. The molecule has 0 saturated heterocycles. The second kappa shape index (κ2) is 14.6. The van der Waals surface area contributed by atoms with E-state index in [1.807, 2.05) is 20.8 Å². The van der Waals surface area contributed by atoms with Gasteiger partial charge in [0.1, 0.15) is 24.1 Å². The van der Waals surface area contributed by atoms with Crippen LogP contribution >= 0.6 is 15.9 Å². The van der Waals surface area contributed by atoms with Crippen LogP contribution in [0.4, 0.5) is 5.69 Å². The molecule has 0 aromatic heterocycles. The molecule has 0 spiro atoms. The number of nitrogens with zero attached hydrogens (tertiary/aromatic N) is 2. The van der Waals surface area contributed by atoms with E-state index in [9.17, 15) is 18.0 Å². The van der Waals surface area contributed by atoms with E-state index >= 15 is 0 Å². The standard InChI is InChI=1S/C31H38BrN3O6S/c1-21(2)18-33-31(37)23(4)34(19-24-9-13-26(40-5)14-10-24)30(36)20-35(25-11-7-22(3)8-12-25)42(38,39)27-15-16-29(41-6)28(32)17-27/h7-17,21,23H,18-20H2,1-6H3,(H,33,37)/t23-/m1/s1. The van der Waals surface area contributed by atoms with Gasteiger partial charge in [0.05, 0.1) is 29.3 Å². The van der Waals surface area contributed by atoms with Crippen LogP contribution in [0.3, 0.4) is 0 Å². The van der Waals surface area contributed by atoms with Crippen molar-refractivity contribution in [2.75, 3.05) is 31.6 Å². The first-order chi connectivity index (χ1) is 19.9. The van der Waals surface area contributed by atoms with Gasteiger partial charge in [-0.3, -0.25) is 13.9 Å². The summed E-state index contributed by atoms with van der Waals surface area (Å²) in [7, 11) is -1.16. The molecule has 11 heteroatoms. The third-order valence-electron chi connectivity index (χ3n) is 6.68. The molecule has 0 bridgehead atoms. The van der Waals surface area contributed by atoms with E-state index in [1.54, 1.807) is 68.6 Å². The molecule has 1 N–H and O–H groups in total. The van der Waals surface area contributed by atoms with Crippen LogP contribution in [0.1, 0.15) is 31.9 Å². The topological polar surface area (TPSA) is 105 Å². The fraction of sp³-hybridized carbons (Fsp3) is 0.355. The lowest BCUT2D eigenvalue weighted by molar-refractivity contribution is -0.139. The quantitative estimate of drug-likeness (QED) is 0.272. The van der Waals surface area contributed by atoms with E-state index in [4.69, 9.17) is 9.47 Å². The number of methoxy groups -OCH3 is 2. The van der Waals surface area contributed by atoms with E-state index < -0.39 is 28.5 Å². The third kappa shape index (κ3) is 8.25. The molecular weight excluding hydrogens is 622 g/mol. The highest BCUT2D eigenvalue weighted by atomic mass is 79.9. The Labute approximate surface area is 257 Å². The van der Waals surface area contributed by atoms with Crippen molar-refractivity contribution < 1.29 is 27.5 Å². The lowest BCUT2D eigenvalue weighted by Gasteiger charge is -2.32. The van der Waals surface area contributed by atoms with Crippen LogP contribution in [0.25, 0.3) is 0 Å². The predicted octanol–water partition coefficient (Wildman–Crippen LogP) is 5.16. The molecule has 3 rings (SSSR count). The van der Waals surface area contributed by atoms with Gasteiger partial charge in [0.15, 0.2) is 0 Å². The average Bonchev–Trinajstić information content (AvgIpc) is 2.97. The number of hydrogen-bond acceptors (Lipinski definition) is 6. The highest BCUT2D eigenvalue weighted by Crippen LogP contribution is 2.31. The van der Waals surface area contributed by atoms with Crippen LogP contribution in [-0.2, 0) is 26.2 Å². The van der Waals surface area contributed by atoms with Crippen molar-refractivity contribution >= 4 is 43.5 Å². The summed E-state index contributed by atoms with van der Waals surface area (Å²) in [5.41, 5.74) is 2.02. The molecule has 42 heavy (non-hydrogen) atoms. The zero-order valence-electron chi connectivity index (χ0n) is 24.8. The van der Waals surface area contributed by atoms with Crippen molar-refractivity contribution in [2.24, 2.45) is 5.92 Å². The minimum absolute atomic E-state index is 0.0204. The number of nitrogens with one attached hydrogen (secondary N) is 1. The zero-order valence-corrected chi connectivity index (χ0v) is 27.2. The Kier molecular flexibility index (Phi) is 11.4. The molecule has 0 aliphatic carbocycles. The SMILES string of the molecule is COc1ccc(CN(C(=O)CN(c2ccc(C)cc2)S(=O)(=O)c2ccc(OC)c(Br)c2)[C@H](C)C(=O)NCC(C)C)cc1. The van der Waals surface area contributed by atoms with E-state index in [1.165, 1.54) is 24.1 Å². The fourth-order valence-electron chi connectivity index (χ4n) is 4.14. The van der Waals surface area contributed by atoms with Gasteiger partial charge in [0.25, 0.3) is 10.0 Å². The molecule has 3 aromatic rings. The summed E-state index contributed by atoms with van der Waals surface area (Å²) in [5, 5.41) is 2.88. The number of halogens is 1. The predicted molar refractivity (Wildman–Crippen MR) is 167 cm³/mol. The first kappa shape index (κ1) is 32.9. The number of aryl methyl sites for hydroxylation is 1. The number of benzene rings is 3. The number of amides is 2. The lowest BCUT2D eigenvalue weighted by atomic mass is 10.1. The van der Waals surface area contributed by atoms with Gasteiger partial charge in [-0.15, -0.1) is 0 Å². The Morgan fingerprint density at radius 1 is 0.929 bits per heavy atom. The van der Waals surface area contributed by atoms with Gasteiger partial charge in [0, 0.05) is 13.1 Å². The smallest absolute Gasteiger partial charge is 0.264 e. The van der Waals surface area contributed by atoms with Gasteiger partial charge in [-0.05, 0) is 83.7 Å². The maximum atomic E-state index is 14.0. The molecule has 9 nitrogen and oxygen atoms in total. The zero-order chi connectivity index (χ0) is 31.0. The van der Waals surface area contributed by atoms with Gasteiger partial charge in [-0.1, -0.05) is 43.7 Å². The van der Waals surface area contributed by atoms with Crippen LogP contribution in [0.2, 0.25) is 0 Å². The lowest BCUT2D eigenvalue weighted by Crippen LogP contribution is -2.51. The number of anilines is 1. The number of rotatable bonds is 13. The summed E-state index contributed by atoms with van der Waals surface area (Å²) >= 11 is 3.36. The van der Waals surface area contributed by atoms with Gasteiger partial charge >= 0.3 is 0 Å². The number of sulfonamides is 1. The fourth-order valence-corrected chi connectivity index (χ4v) is 6.27. The van der Waals surface area contributed by atoms with Crippen molar-refractivity contribution in [1.82, 2.24) is 10.2 Å². The van der Waals surface area contributed by atoms with Crippen molar-refractivity contribution in [3.05, 3.63) is 82.3 Å². The van der Waals surface area contributed by atoms with Crippen LogP contribution in [-0.4, -0.2) is 58.5 Å². The number of carbonyl (C=O) groups is 2. The van der Waals surface area contributed by atoms with E-state index in [-0.39, 0.29) is 23.3 Å². The number of carbonyl (C=O) groups excluding carboxylic acids is 2. The molecular formula is C31H38BrN3O6S. The van der Waals surface area contributed by atoms with Crippen LogP contribution in [0.5, 0.6) is 11.5 Å². The third-order valence-corrected chi connectivity index (χ3v) is 9.07. The summed E-state index contributed by atoms with van der Waals surface area (Å²) in [5.74, 6) is 0.488.